The summed E-state index contributed by atoms with van der Waals surface area (Å²) in [6, 6.07) is 13.7. The van der Waals surface area contributed by atoms with Gasteiger partial charge in [-0.1, -0.05) is 36.2 Å². The van der Waals surface area contributed by atoms with Gasteiger partial charge in [-0.15, -0.1) is 0 Å². The van der Waals surface area contributed by atoms with Gasteiger partial charge in [-0.25, -0.2) is 0 Å². The highest BCUT2D eigenvalue weighted by Crippen LogP contribution is 2.52. The Morgan fingerprint density at radius 3 is 2.63 bits per heavy atom. The molecule has 1 amide bonds. The Kier molecular flexibility index (Phi) is 5.68. The molecule has 3 aromatic rings. The summed E-state index contributed by atoms with van der Waals surface area (Å²) >= 11 is 0. The molecule has 1 fully saturated rings. The molecule has 8 nitrogen and oxygen atoms in total. The monoisotopic (exact) mass is 474 g/mol. The van der Waals surface area contributed by atoms with Crippen LogP contribution in [0.1, 0.15) is 71.8 Å². The lowest BCUT2D eigenvalue weighted by molar-refractivity contribution is 0.0949. The molecular formula is C27H30N4O4. The van der Waals surface area contributed by atoms with Crippen molar-refractivity contribution >= 4 is 5.91 Å². The van der Waals surface area contributed by atoms with Gasteiger partial charge in [0.05, 0.1) is 13.1 Å². The van der Waals surface area contributed by atoms with Gasteiger partial charge in [0.2, 0.25) is 5.89 Å². The minimum atomic E-state index is -0.157. The van der Waals surface area contributed by atoms with Crippen molar-refractivity contribution in [2.24, 2.45) is 0 Å². The third-order valence-corrected chi connectivity index (χ3v) is 7.64. The number of benzene rings is 2. The Balaban J connectivity index is 1.19. The Bertz CT molecular complexity index is 1220. The van der Waals surface area contributed by atoms with Crippen LogP contribution < -0.4 is 14.8 Å². The molecule has 2 aromatic carbocycles. The first kappa shape index (κ1) is 22.1. The molecule has 1 N–H and O–H groups in total. The number of carbonyl (C=O) groups excluding carboxylic acids is 1. The molecule has 3 heterocycles. The van der Waals surface area contributed by atoms with E-state index in [0.29, 0.717) is 37.0 Å². The lowest BCUT2D eigenvalue weighted by atomic mass is 9.71. The van der Waals surface area contributed by atoms with Gasteiger partial charge in [-0.05, 0) is 55.2 Å². The van der Waals surface area contributed by atoms with Crippen molar-refractivity contribution in [1.29, 1.82) is 0 Å². The third-order valence-electron chi connectivity index (χ3n) is 7.64. The first-order valence-electron chi connectivity index (χ1n) is 12.4. The maximum atomic E-state index is 12.3. The second-order valence-corrected chi connectivity index (χ2v) is 9.80. The van der Waals surface area contributed by atoms with E-state index in [0.717, 1.165) is 18.0 Å². The predicted octanol–water partition coefficient (Wildman–Crippen LogP) is 4.16. The second-order valence-electron chi connectivity index (χ2n) is 9.80. The Morgan fingerprint density at radius 1 is 1.11 bits per heavy atom. The van der Waals surface area contributed by atoms with E-state index in [4.69, 9.17) is 14.0 Å². The van der Waals surface area contributed by atoms with Gasteiger partial charge in [-0.2, -0.15) is 4.98 Å². The molecule has 35 heavy (non-hydrogen) atoms. The van der Waals surface area contributed by atoms with Crippen LogP contribution in [0.4, 0.5) is 0 Å². The van der Waals surface area contributed by atoms with Crippen molar-refractivity contribution in [2.45, 2.75) is 57.2 Å². The van der Waals surface area contributed by atoms with Gasteiger partial charge in [0.15, 0.2) is 17.3 Å². The lowest BCUT2D eigenvalue weighted by Crippen LogP contribution is -2.45. The molecule has 0 radical (unpaired) electrons. The van der Waals surface area contributed by atoms with Crippen molar-refractivity contribution in [3.05, 3.63) is 70.9 Å². The van der Waals surface area contributed by atoms with Gasteiger partial charge in [0.25, 0.3) is 5.91 Å². The molecule has 0 saturated heterocycles. The maximum Gasteiger partial charge on any atom is 0.251 e. The van der Waals surface area contributed by atoms with Gasteiger partial charge in [0, 0.05) is 23.6 Å². The zero-order valence-corrected chi connectivity index (χ0v) is 20.0. The van der Waals surface area contributed by atoms with Crippen LogP contribution in [0, 0.1) is 0 Å². The standard InChI is InChI=1S/C27H30N4O4/c1-18-20-13-22-23(34-12-11-33-22)14-21(20)27(9-5-6-10-27)17-31(18)16-25-29-24(30-35-25)15-28-26(32)19-7-3-2-4-8-19/h2-4,7-8,13-14,18H,5-6,9-12,15-17H2,1H3,(H,28,32)/t18-/m0/s1. The van der Waals surface area contributed by atoms with Crippen LogP contribution in [0.3, 0.4) is 0 Å². The first-order valence-corrected chi connectivity index (χ1v) is 12.4. The molecule has 0 bridgehead atoms. The highest BCUT2D eigenvalue weighted by Gasteiger charge is 2.45. The highest BCUT2D eigenvalue weighted by molar-refractivity contribution is 5.93. The molecule has 1 saturated carbocycles. The minimum absolute atomic E-state index is 0.115. The number of amides is 1. The van der Waals surface area contributed by atoms with E-state index in [1.165, 1.54) is 36.8 Å². The van der Waals surface area contributed by atoms with E-state index in [2.05, 4.69) is 39.4 Å². The summed E-state index contributed by atoms with van der Waals surface area (Å²) < 4.78 is 17.4. The Morgan fingerprint density at radius 2 is 1.86 bits per heavy atom. The summed E-state index contributed by atoms with van der Waals surface area (Å²) in [5.41, 5.74) is 3.44. The van der Waals surface area contributed by atoms with E-state index in [1.807, 2.05) is 18.2 Å². The second kappa shape index (κ2) is 9.00. The molecule has 6 rings (SSSR count). The summed E-state index contributed by atoms with van der Waals surface area (Å²) in [5, 5.41) is 6.96. The first-order chi connectivity index (χ1) is 17.1. The fraction of sp³-hybridized carbons (Fsp3) is 0.444. The van der Waals surface area contributed by atoms with Crippen LogP contribution >= 0.6 is 0 Å². The molecule has 2 aliphatic heterocycles. The average molecular weight is 475 g/mol. The molecule has 1 atom stereocenters. The number of nitrogens with zero attached hydrogens (tertiary/aromatic N) is 3. The van der Waals surface area contributed by atoms with E-state index in [-0.39, 0.29) is 23.9 Å². The zero-order chi connectivity index (χ0) is 23.8. The van der Waals surface area contributed by atoms with E-state index < -0.39 is 0 Å². The molecule has 3 aliphatic rings. The average Bonchev–Trinajstić information content (AvgIpc) is 3.55. The van der Waals surface area contributed by atoms with Gasteiger partial charge < -0.3 is 19.3 Å². The topological polar surface area (TPSA) is 89.7 Å². The normalized spacial score (nSPS) is 20.5. The fourth-order valence-electron chi connectivity index (χ4n) is 5.84. The van der Waals surface area contributed by atoms with Crippen LogP contribution in [0.25, 0.3) is 0 Å². The summed E-state index contributed by atoms with van der Waals surface area (Å²) in [7, 11) is 0. The van der Waals surface area contributed by atoms with Gasteiger partial charge >= 0.3 is 0 Å². The van der Waals surface area contributed by atoms with Crippen LogP contribution in [0.2, 0.25) is 0 Å². The van der Waals surface area contributed by atoms with Crippen LogP contribution in [0.15, 0.2) is 47.0 Å². The van der Waals surface area contributed by atoms with Gasteiger partial charge in [-0.3, -0.25) is 9.69 Å². The number of carbonyl (C=O) groups is 1. The molecule has 1 aliphatic carbocycles. The number of fused-ring (bicyclic) bond motifs is 3. The van der Waals surface area contributed by atoms with Gasteiger partial charge in [0.1, 0.15) is 13.2 Å². The number of rotatable bonds is 5. The molecule has 1 aromatic heterocycles. The lowest BCUT2D eigenvalue weighted by Gasteiger charge is -2.46. The summed E-state index contributed by atoms with van der Waals surface area (Å²) in [4.78, 5) is 19.3. The van der Waals surface area contributed by atoms with Crippen LogP contribution in [-0.2, 0) is 18.5 Å². The molecule has 8 heteroatoms. The van der Waals surface area contributed by atoms with Crippen LogP contribution in [-0.4, -0.2) is 40.7 Å². The maximum absolute atomic E-state index is 12.3. The molecular weight excluding hydrogens is 444 g/mol. The van der Waals surface area contributed by atoms with E-state index >= 15 is 0 Å². The summed E-state index contributed by atoms with van der Waals surface area (Å²) in [6.07, 6.45) is 4.82. The fourth-order valence-corrected chi connectivity index (χ4v) is 5.84. The molecule has 0 unspecified atom stereocenters. The zero-order valence-electron chi connectivity index (χ0n) is 20.0. The SMILES string of the molecule is C[C@H]1c2cc3c(cc2C2(CCCC2)CN1Cc1nc(CNC(=O)c2ccccc2)no1)OCCO3. The molecule has 182 valence electrons. The smallest absolute Gasteiger partial charge is 0.251 e. The minimum Gasteiger partial charge on any atom is -0.486 e. The number of ether oxygens (including phenoxy) is 2. The van der Waals surface area contributed by atoms with Crippen LogP contribution in [0.5, 0.6) is 11.5 Å². The van der Waals surface area contributed by atoms with Crippen molar-refractivity contribution in [3.63, 3.8) is 0 Å². The number of hydrogen-bond donors (Lipinski definition) is 1. The van der Waals surface area contributed by atoms with E-state index in [1.54, 1.807) is 12.1 Å². The van der Waals surface area contributed by atoms with Crippen molar-refractivity contribution in [1.82, 2.24) is 20.4 Å². The van der Waals surface area contributed by atoms with Crippen molar-refractivity contribution < 1.29 is 18.8 Å². The molecule has 1 spiro atoms. The summed E-state index contributed by atoms with van der Waals surface area (Å²) in [6.45, 7) is 5.16. The number of nitrogens with one attached hydrogen (secondary N) is 1. The van der Waals surface area contributed by atoms with Crippen molar-refractivity contribution in [3.8, 4) is 11.5 Å². The highest BCUT2D eigenvalue weighted by atomic mass is 16.6. The Hall–Kier alpha value is -3.39. The van der Waals surface area contributed by atoms with E-state index in [9.17, 15) is 4.79 Å². The predicted molar refractivity (Wildman–Crippen MR) is 128 cm³/mol. The number of hydrogen-bond acceptors (Lipinski definition) is 7. The Labute approximate surface area is 204 Å². The quantitative estimate of drug-likeness (QED) is 0.594. The summed E-state index contributed by atoms with van der Waals surface area (Å²) in [5.74, 6) is 2.60. The number of aromatic nitrogens is 2. The third kappa shape index (κ3) is 4.16. The largest absolute Gasteiger partial charge is 0.486 e. The van der Waals surface area contributed by atoms with Crippen molar-refractivity contribution in [2.75, 3.05) is 19.8 Å².